The van der Waals surface area contributed by atoms with Crippen LogP contribution in [0.2, 0.25) is 0 Å². The zero-order valence-corrected chi connectivity index (χ0v) is 18.3. The average molecular weight is 447 g/mol. The highest BCUT2D eigenvalue weighted by molar-refractivity contribution is 7.98. The van der Waals surface area contributed by atoms with Crippen LogP contribution < -0.4 is 4.74 Å². The third kappa shape index (κ3) is 4.12. The predicted molar refractivity (Wildman–Crippen MR) is 123 cm³/mol. The molecule has 5 aromatic rings. The number of benzene rings is 2. The summed E-state index contributed by atoms with van der Waals surface area (Å²) in [5.41, 5.74) is 2.79. The first-order valence-corrected chi connectivity index (χ1v) is 11.4. The van der Waals surface area contributed by atoms with Gasteiger partial charge in [-0.25, -0.2) is 4.98 Å². The fraction of sp³-hybridized carbons (Fsp3) is 0.0870. The number of hydrogen-bond acceptors (Lipinski definition) is 7. The Labute approximate surface area is 187 Å². The molecule has 0 aliphatic rings. The van der Waals surface area contributed by atoms with E-state index in [4.69, 9.17) is 9.15 Å². The number of para-hydroxylation sites is 1. The fourth-order valence-corrected chi connectivity index (χ4v) is 4.63. The van der Waals surface area contributed by atoms with E-state index in [0.717, 1.165) is 38.6 Å². The van der Waals surface area contributed by atoms with E-state index in [-0.39, 0.29) is 0 Å². The van der Waals surface area contributed by atoms with E-state index < -0.39 is 0 Å². The van der Waals surface area contributed by atoms with Crippen LogP contribution in [0.1, 0.15) is 5.69 Å². The summed E-state index contributed by atoms with van der Waals surface area (Å²) in [7, 11) is 1.66. The standard InChI is InChI=1S/C23H18N4O2S2/c1-28-19-10-5-7-16(13-19)21-25-26-23(27(21)18-8-3-2-4-9-18)31-15-17-14-29-22(24-17)20-11-6-12-30-20/h2-14H,15H2,1H3. The van der Waals surface area contributed by atoms with Gasteiger partial charge in [0.2, 0.25) is 5.89 Å². The molecule has 2 aromatic carbocycles. The topological polar surface area (TPSA) is 66.0 Å². The number of ether oxygens (including phenoxy) is 1. The van der Waals surface area contributed by atoms with Crippen molar-refractivity contribution >= 4 is 23.1 Å². The van der Waals surface area contributed by atoms with Gasteiger partial charge in [0, 0.05) is 17.0 Å². The molecular formula is C23H18N4O2S2. The summed E-state index contributed by atoms with van der Waals surface area (Å²) in [6.45, 7) is 0. The molecule has 154 valence electrons. The summed E-state index contributed by atoms with van der Waals surface area (Å²) in [6.07, 6.45) is 1.70. The second kappa shape index (κ2) is 8.79. The number of thiophene rings is 1. The van der Waals surface area contributed by atoms with Crippen LogP contribution in [0.15, 0.2) is 87.9 Å². The zero-order valence-electron chi connectivity index (χ0n) is 16.6. The third-order valence-electron chi connectivity index (χ3n) is 4.61. The molecule has 0 atom stereocenters. The molecule has 0 bridgehead atoms. The first-order valence-electron chi connectivity index (χ1n) is 9.58. The second-order valence-corrected chi connectivity index (χ2v) is 8.51. The molecule has 0 saturated heterocycles. The third-order valence-corrected chi connectivity index (χ3v) is 6.43. The molecule has 0 N–H and O–H groups in total. The zero-order chi connectivity index (χ0) is 21.0. The van der Waals surface area contributed by atoms with E-state index in [1.165, 1.54) is 0 Å². The van der Waals surface area contributed by atoms with E-state index >= 15 is 0 Å². The highest BCUT2D eigenvalue weighted by Gasteiger charge is 2.17. The molecular weight excluding hydrogens is 428 g/mol. The summed E-state index contributed by atoms with van der Waals surface area (Å²) >= 11 is 3.18. The van der Waals surface area contributed by atoms with Gasteiger partial charge in [-0.2, -0.15) is 0 Å². The molecule has 3 aromatic heterocycles. The fourth-order valence-electron chi connectivity index (χ4n) is 3.15. The van der Waals surface area contributed by atoms with E-state index in [1.54, 1.807) is 36.5 Å². The van der Waals surface area contributed by atoms with Gasteiger partial charge in [0.15, 0.2) is 11.0 Å². The maximum atomic E-state index is 5.64. The van der Waals surface area contributed by atoms with Crippen LogP contribution in [0.4, 0.5) is 0 Å². The molecule has 0 aliphatic heterocycles. The first-order chi connectivity index (χ1) is 15.3. The Bertz CT molecular complexity index is 1280. The molecule has 0 spiro atoms. The van der Waals surface area contributed by atoms with Gasteiger partial charge in [-0.15, -0.1) is 21.5 Å². The van der Waals surface area contributed by atoms with Crippen LogP contribution in [0.3, 0.4) is 0 Å². The molecule has 0 aliphatic carbocycles. The molecule has 3 heterocycles. The molecule has 6 nitrogen and oxygen atoms in total. The number of rotatable bonds is 7. The molecule has 0 amide bonds. The SMILES string of the molecule is COc1cccc(-c2nnc(SCc3coc(-c4cccs4)n3)n2-c2ccccc2)c1. The summed E-state index contributed by atoms with van der Waals surface area (Å²) in [6, 6.07) is 21.9. The second-order valence-electron chi connectivity index (χ2n) is 6.62. The van der Waals surface area contributed by atoms with E-state index in [1.807, 2.05) is 72.1 Å². The number of nitrogens with zero attached hydrogens (tertiary/aromatic N) is 4. The van der Waals surface area contributed by atoms with Gasteiger partial charge in [0.1, 0.15) is 12.0 Å². The maximum Gasteiger partial charge on any atom is 0.236 e. The van der Waals surface area contributed by atoms with Gasteiger partial charge in [0.25, 0.3) is 0 Å². The normalized spacial score (nSPS) is 11.0. The molecule has 31 heavy (non-hydrogen) atoms. The molecule has 8 heteroatoms. The van der Waals surface area contributed by atoms with Crippen molar-refractivity contribution in [3.05, 3.63) is 84.1 Å². The van der Waals surface area contributed by atoms with Gasteiger partial charge in [-0.3, -0.25) is 4.57 Å². The molecule has 5 rings (SSSR count). The monoisotopic (exact) mass is 446 g/mol. The van der Waals surface area contributed by atoms with Gasteiger partial charge >= 0.3 is 0 Å². The Kier molecular flexibility index (Phi) is 5.56. The largest absolute Gasteiger partial charge is 0.497 e. The van der Waals surface area contributed by atoms with Crippen molar-refractivity contribution < 1.29 is 9.15 Å². The Morgan fingerprint density at radius 1 is 1.03 bits per heavy atom. The lowest BCUT2D eigenvalue weighted by molar-refractivity contribution is 0.415. The highest BCUT2D eigenvalue weighted by Crippen LogP contribution is 2.32. The quantitative estimate of drug-likeness (QED) is 0.288. The number of thioether (sulfide) groups is 1. The molecule has 0 fully saturated rings. The Morgan fingerprint density at radius 3 is 2.74 bits per heavy atom. The average Bonchev–Trinajstić information content (AvgIpc) is 3.59. The van der Waals surface area contributed by atoms with Crippen molar-refractivity contribution in [2.75, 3.05) is 7.11 Å². The van der Waals surface area contributed by atoms with Gasteiger partial charge < -0.3 is 9.15 Å². The van der Waals surface area contributed by atoms with E-state index in [0.29, 0.717) is 11.6 Å². The summed E-state index contributed by atoms with van der Waals surface area (Å²) in [4.78, 5) is 5.62. The molecule has 0 saturated carbocycles. The minimum Gasteiger partial charge on any atom is -0.497 e. The lowest BCUT2D eigenvalue weighted by atomic mass is 10.2. The molecule has 0 radical (unpaired) electrons. The Morgan fingerprint density at radius 2 is 1.94 bits per heavy atom. The van der Waals surface area contributed by atoms with Crippen molar-refractivity contribution in [1.29, 1.82) is 0 Å². The minimum atomic E-state index is 0.623. The Balaban J connectivity index is 1.47. The van der Waals surface area contributed by atoms with Crippen LogP contribution in [0.25, 0.3) is 27.8 Å². The van der Waals surface area contributed by atoms with Crippen molar-refractivity contribution in [2.24, 2.45) is 0 Å². The lowest BCUT2D eigenvalue weighted by Crippen LogP contribution is -2.00. The smallest absolute Gasteiger partial charge is 0.236 e. The van der Waals surface area contributed by atoms with Crippen LogP contribution in [-0.4, -0.2) is 26.9 Å². The van der Waals surface area contributed by atoms with Crippen molar-refractivity contribution in [3.8, 4) is 33.6 Å². The van der Waals surface area contributed by atoms with Crippen LogP contribution in [-0.2, 0) is 5.75 Å². The number of aromatic nitrogens is 4. The van der Waals surface area contributed by atoms with Crippen LogP contribution in [0, 0.1) is 0 Å². The van der Waals surface area contributed by atoms with Gasteiger partial charge in [-0.1, -0.05) is 48.2 Å². The van der Waals surface area contributed by atoms with Crippen LogP contribution in [0.5, 0.6) is 5.75 Å². The van der Waals surface area contributed by atoms with Crippen molar-refractivity contribution in [1.82, 2.24) is 19.7 Å². The maximum absolute atomic E-state index is 5.64. The summed E-state index contributed by atoms with van der Waals surface area (Å²) in [5, 5.41) is 11.8. The van der Waals surface area contributed by atoms with Gasteiger partial charge in [-0.05, 0) is 35.7 Å². The lowest BCUT2D eigenvalue weighted by Gasteiger charge is -2.10. The van der Waals surface area contributed by atoms with E-state index in [2.05, 4.69) is 19.7 Å². The van der Waals surface area contributed by atoms with Crippen LogP contribution >= 0.6 is 23.1 Å². The van der Waals surface area contributed by atoms with Crippen molar-refractivity contribution in [3.63, 3.8) is 0 Å². The van der Waals surface area contributed by atoms with Gasteiger partial charge in [0.05, 0.1) is 17.7 Å². The highest BCUT2D eigenvalue weighted by atomic mass is 32.2. The number of oxazole rings is 1. The Hall–Kier alpha value is -3.36. The minimum absolute atomic E-state index is 0.623. The number of methoxy groups -OCH3 is 1. The molecule has 0 unspecified atom stereocenters. The summed E-state index contributed by atoms with van der Waals surface area (Å²) in [5.74, 6) is 2.80. The predicted octanol–water partition coefficient (Wildman–Crippen LogP) is 5.95. The number of hydrogen-bond donors (Lipinski definition) is 0. The summed E-state index contributed by atoms with van der Waals surface area (Å²) < 4.78 is 13.1. The first kappa shape index (κ1) is 19.6. The van der Waals surface area contributed by atoms with Crippen molar-refractivity contribution in [2.45, 2.75) is 10.9 Å². The van der Waals surface area contributed by atoms with E-state index in [9.17, 15) is 0 Å².